The highest BCUT2D eigenvalue weighted by atomic mass is 32.2. The lowest BCUT2D eigenvalue weighted by Crippen LogP contribution is -2.33. The van der Waals surface area contributed by atoms with Gasteiger partial charge < -0.3 is 0 Å². The van der Waals surface area contributed by atoms with Gasteiger partial charge in [0.2, 0.25) is 0 Å². The lowest BCUT2D eigenvalue weighted by atomic mass is 10.0. The number of hydrogen-bond donors (Lipinski definition) is 1. The quantitative estimate of drug-likeness (QED) is 0.479. The van der Waals surface area contributed by atoms with E-state index in [4.69, 9.17) is 5.84 Å². The Morgan fingerprint density at radius 1 is 1.13 bits per heavy atom. The van der Waals surface area contributed by atoms with Crippen molar-refractivity contribution in [2.45, 2.75) is 31.1 Å². The number of sulfonamides is 1. The molecule has 1 unspecified atom stereocenters. The smallest absolute Gasteiger partial charge is 0.265 e. The molecule has 1 aliphatic heterocycles. The Morgan fingerprint density at radius 3 is 2.63 bits per heavy atom. The number of nitrogens with two attached hydrogens (primary N) is 1. The van der Waals surface area contributed by atoms with Gasteiger partial charge in [0.05, 0.1) is 17.4 Å². The summed E-state index contributed by atoms with van der Waals surface area (Å²) in [5.74, 6) is 7.29. The molecule has 4 rings (SSSR count). The van der Waals surface area contributed by atoms with Gasteiger partial charge in [0.15, 0.2) is 0 Å². The lowest BCUT2D eigenvalue weighted by Gasteiger charge is -2.20. The number of hydrazine groups is 1. The first kappa shape index (κ1) is 20.2. The molecule has 30 heavy (non-hydrogen) atoms. The van der Waals surface area contributed by atoms with Crippen LogP contribution in [0.15, 0.2) is 59.8 Å². The molecular weight excluding hydrogens is 400 g/mol. The third-order valence-corrected chi connectivity index (χ3v) is 6.89. The largest absolute Gasteiger partial charge is 0.295 e. The fourth-order valence-electron chi connectivity index (χ4n) is 3.56. The number of aromatic nitrogens is 3. The van der Waals surface area contributed by atoms with E-state index in [1.165, 1.54) is 4.31 Å². The Bertz CT molecular complexity index is 1150. The molecule has 0 bridgehead atoms. The Kier molecular flexibility index (Phi) is 5.40. The topological polar surface area (TPSA) is 105 Å². The van der Waals surface area contributed by atoms with E-state index < -0.39 is 10.0 Å². The monoisotopic (exact) mass is 424 g/mol. The van der Waals surface area contributed by atoms with Crippen molar-refractivity contribution in [2.24, 2.45) is 5.84 Å². The second-order valence-corrected chi connectivity index (χ2v) is 9.15. The van der Waals surface area contributed by atoms with Crippen molar-refractivity contribution < 1.29 is 8.42 Å². The van der Waals surface area contributed by atoms with E-state index in [9.17, 15) is 8.42 Å². The zero-order valence-electron chi connectivity index (χ0n) is 16.9. The number of hydrogen-bond acceptors (Lipinski definition) is 7. The van der Waals surface area contributed by atoms with Gasteiger partial charge in [0, 0.05) is 30.6 Å². The molecule has 0 amide bonds. The van der Waals surface area contributed by atoms with Crippen molar-refractivity contribution in [3.8, 4) is 0 Å². The summed E-state index contributed by atoms with van der Waals surface area (Å²) in [5, 5.41) is 1.57. The summed E-state index contributed by atoms with van der Waals surface area (Å²) in [6.07, 6.45) is 4.13. The fraction of sp³-hybridized carbons (Fsp3) is 0.286. The molecule has 9 heteroatoms. The molecule has 0 radical (unpaired) electrons. The molecule has 0 saturated carbocycles. The summed E-state index contributed by atoms with van der Waals surface area (Å²) in [5.41, 5.74) is 1.78. The molecule has 2 aromatic heterocycles. The van der Waals surface area contributed by atoms with Crippen LogP contribution in [0, 0.1) is 6.92 Å². The van der Waals surface area contributed by atoms with Crippen LogP contribution >= 0.6 is 0 Å². The van der Waals surface area contributed by atoms with E-state index in [1.807, 2.05) is 19.9 Å². The summed E-state index contributed by atoms with van der Waals surface area (Å²) in [6.45, 7) is 4.80. The SMILES string of the molecule is CCCN(N)c1ccnc(C2CN(S(=O)(=O)c3ccc(C)cc3)c3ncccc32)n1. The van der Waals surface area contributed by atoms with Crippen molar-refractivity contribution >= 4 is 21.7 Å². The number of rotatable bonds is 6. The first-order chi connectivity index (χ1) is 14.4. The fourth-order valence-corrected chi connectivity index (χ4v) is 5.02. The van der Waals surface area contributed by atoms with Crippen molar-refractivity contribution in [1.29, 1.82) is 0 Å². The van der Waals surface area contributed by atoms with Crippen LogP contribution in [0.1, 0.15) is 36.2 Å². The molecule has 0 aliphatic carbocycles. The van der Waals surface area contributed by atoms with Crippen LogP contribution in [0.4, 0.5) is 11.6 Å². The summed E-state index contributed by atoms with van der Waals surface area (Å²) < 4.78 is 28.1. The third kappa shape index (κ3) is 3.61. The van der Waals surface area contributed by atoms with E-state index in [1.54, 1.807) is 53.8 Å². The number of benzene rings is 1. The first-order valence-electron chi connectivity index (χ1n) is 9.81. The lowest BCUT2D eigenvalue weighted by molar-refractivity contribution is 0.590. The van der Waals surface area contributed by atoms with Crippen LogP contribution in [0.25, 0.3) is 0 Å². The molecular formula is C21H24N6O2S. The highest BCUT2D eigenvalue weighted by molar-refractivity contribution is 7.92. The molecule has 8 nitrogen and oxygen atoms in total. The summed E-state index contributed by atoms with van der Waals surface area (Å²) in [7, 11) is -3.76. The minimum Gasteiger partial charge on any atom is -0.295 e. The van der Waals surface area contributed by atoms with Crippen molar-refractivity contribution in [3.63, 3.8) is 0 Å². The highest BCUT2D eigenvalue weighted by Gasteiger charge is 2.39. The zero-order chi connectivity index (χ0) is 21.3. The van der Waals surface area contributed by atoms with E-state index in [2.05, 4.69) is 15.0 Å². The van der Waals surface area contributed by atoms with E-state index in [0.29, 0.717) is 24.0 Å². The number of anilines is 2. The molecule has 0 saturated heterocycles. The number of pyridine rings is 1. The number of aryl methyl sites for hydroxylation is 1. The third-order valence-electron chi connectivity index (χ3n) is 5.12. The van der Waals surface area contributed by atoms with Crippen LogP contribution in [0.5, 0.6) is 0 Å². The maximum atomic E-state index is 13.4. The molecule has 3 aromatic rings. The average molecular weight is 425 g/mol. The number of nitrogens with zero attached hydrogens (tertiary/aromatic N) is 5. The molecule has 2 N–H and O–H groups in total. The standard InChI is InChI=1S/C21H24N6O2S/c1-3-13-26(22)19-10-12-23-20(25-19)18-14-27(21-17(18)5-4-11-24-21)30(28,29)16-8-6-15(2)7-9-16/h4-12,18H,3,13-14,22H2,1-2H3. The van der Waals surface area contributed by atoms with E-state index >= 15 is 0 Å². The van der Waals surface area contributed by atoms with Gasteiger partial charge in [-0.25, -0.2) is 33.5 Å². The number of fused-ring (bicyclic) bond motifs is 1. The van der Waals surface area contributed by atoms with Crippen molar-refractivity contribution in [3.05, 3.63) is 71.8 Å². The predicted octanol–water partition coefficient (Wildman–Crippen LogP) is 2.61. The Labute approximate surface area is 176 Å². The summed E-state index contributed by atoms with van der Waals surface area (Å²) >= 11 is 0. The molecule has 0 spiro atoms. The zero-order valence-corrected chi connectivity index (χ0v) is 17.7. The predicted molar refractivity (Wildman–Crippen MR) is 116 cm³/mol. The van der Waals surface area contributed by atoms with Crippen molar-refractivity contribution in [2.75, 3.05) is 22.4 Å². The molecule has 1 aliphatic rings. The maximum absolute atomic E-state index is 13.4. The van der Waals surface area contributed by atoms with Gasteiger partial charge in [-0.3, -0.25) is 5.01 Å². The van der Waals surface area contributed by atoms with Crippen LogP contribution in [0.3, 0.4) is 0 Å². The van der Waals surface area contributed by atoms with Gasteiger partial charge in [0.1, 0.15) is 17.5 Å². The molecule has 0 fully saturated rings. The summed E-state index contributed by atoms with van der Waals surface area (Å²) in [6, 6.07) is 12.2. The second kappa shape index (κ2) is 8.00. The van der Waals surface area contributed by atoms with Gasteiger partial charge >= 0.3 is 0 Å². The minimum atomic E-state index is -3.76. The molecule has 1 aromatic carbocycles. The van der Waals surface area contributed by atoms with Crippen molar-refractivity contribution in [1.82, 2.24) is 15.0 Å². The molecule has 156 valence electrons. The van der Waals surface area contributed by atoms with Gasteiger partial charge in [-0.15, -0.1) is 0 Å². The van der Waals surface area contributed by atoms with Gasteiger partial charge in [-0.05, 0) is 31.5 Å². The van der Waals surface area contributed by atoms with Crippen LogP contribution in [0.2, 0.25) is 0 Å². The van der Waals surface area contributed by atoms with E-state index in [-0.39, 0.29) is 17.4 Å². The van der Waals surface area contributed by atoms with Crippen LogP contribution < -0.4 is 15.2 Å². The minimum absolute atomic E-state index is 0.185. The Balaban J connectivity index is 1.73. The van der Waals surface area contributed by atoms with Crippen LogP contribution in [-0.2, 0) is 10.0 Å². The Hall–Kier alpha value is -3.04. The Morgan fingerprint density at radius 2 is 1.90 bits per heavy atom. The van der Waals surface area contributed by atoms with Crippen LogP contribution in [-0.4, -0.2) is 36.5 Å². The van der Waals surface area contributed by atoms with Gasteiger partial charge in [0.25, 0.3) is 10.0 Å². The molecule has 1 atom stereocenters. The maximum Gasteiger partial charge on any atom is 0.265 e. The van der Waals surface area contributed by atoms with Gasteiger partial charge in [-0.2, -0.15) is 0 Å². The van der Waals surface area contributed by atoms with E-state index in [0.717, 1.165) is 17.5 Å². The second-order valence-electron chi connectivity index (χ2n) is 7.28. The van der Waals surface area contributed by atoms with Gasteiger partial charge in [-0.1, -0.05) is 30.7 Å². The molecule has 3 heterocycles. The average Bonchev–Trinajstić information content (AvgIpc) is 3.15. The normalized spacial score (nSPS) is 15.8. The first-order valence-corrected chi connectivity index (χ1v) is 11.3. The summed E-state index contributed by atoms with van der Waals surface area (Å²) in [4.78, 5) is 13.6. The highest BCUT2D eigenvalue weighted by Crippen LogP contribution is 2.40.